The average Bonchev–Trinajstić information content (AvgIpc) is 2.73. The largest absolute Gasteiger partial charge is 0.368 e. The predicted molar refractivity (Wildman–Crippen MR) is 113 cm³/mol. The van der Waals surface area contributed by atoms with E-state index in [2.05, 4.69) is 10.6 Å². The predicted octanol–water partition coefficient (Wildman–Crippen LogP) is 3.40. The second-order valence-corrected chi connectivity index (χ2v) is 7.77. The summed E-state index contributed by atoms with van der Waals surface area (Å²) in [6.07, 6.45) is 4.63. The van der Waals surface area contributed by atoms with Crippen molar-refractivity contribution in [1.82, 2.24) is 5.32 Å². The third-order valence-corrected chi connectivity index (χ3v) is 5.58. The molecule has 2 aromatic carbocycles. The van der Waals surface area contributed by atoms with Gasteiger partial charge >= 0.3 is 0 Å². The Kier molecular flexibility index (Phi) is 6.54. The van der Waals surface area contributed by atoms with Crippen LogP contribution in [0.2, 0.25) is 5.02 Å². The molecule has 0 unspecified atom stereocenters. The summed E-state index contributed by atoms with van der Waals surface area (Å²) in [5.41, 5.74) is 6.34. The van der Waals surface area contributed by atoms with Crippen molar-refractivity contribution in [3.63, 3.8) is 0 Å². The third kappa shape index (κ3) is 4.95. The molecule has 3 rings (SSSR count). The molecule has 1 saturated carbocycles. The van der Waals surface area contributed by atoms with Gasteiger partial charge in [-0.3, -0.25) is 14.4 Å². The van der Waals surface area contributed by atoms with Crippen molar-refractivity contribution < 1.29 is 14.4 Å². The number of anilines is 1. The standard InChI is InChI=1S/C22H24ClN3O3/c23-17-6-4-5-16(13-17)22(11-2-1-3-12-22)21(29)26-18-9-7-15(8-10-18)20(28)25-14-19(24)27/h4-10,13H,1-3,11-12,14H2,(H2,24,27)(H,25,28)(H,26,29). The highest BCUT2D eigenvalue weighted by Gasteiger charge is 2.41. The van der Waals surface area contributed by atoms with E-state index in [9.17, 15) is 14.4 Å². The molecular formula is C22H24ClN3O3. The maximum absolute atomic E-state index is 13.3. The lowest BCUT2D eigenvalue weighted by Gasteiger charge is -2.36. The molecule has 0 radical (unpaired) electrons. The molecule has 0 bridgehead atoms. The first kappa shape index (κ1) is 20.9. The summed E-state index contributed by atoms with van der Waals surface area (Å²) in [4.78, 5) is 36.1. The van der Waals surface area contributed by atoms with E-state index in [1.54, 1.807) is 24.3 Å². The molecule has 0 heterocycles. The Morgan fingerprint density at radius 1 is 1.00 bits per heavy atom. The summed E-state index contributed by atoms with van der Waals surface area (Å²) in [6, 6.07) is 14.1. The smallest absolute Gasteiger partial charge is 0.251 e. The number of nitrogens with two attached hydrogens (primary N) is 1. The molecule has 0 aromatic heterocycles. The van der Waals surface area contributed by atoms with Gasteiger partial charge in [-0.25, -0.2) is 0 Å². The Bertz CT molecular complexity index is 906. The second kappa shape index (κ2) is 9.09. The van der Waals surface area contributed by atoms with Gasteiger partial charge in [-0.05, 0) is 54.8 Å². The summed E-state index contributed by atoms with van der Waals surface area (Å²) in [5.74, 6) is -1.07. The highest BCUT2D eigenvalue weighted by Crippen LogP contribution is 2.41. The maximum Gasteiger partial charge on any atom is 0.251 e. The van der Waals surface area contributed by atoms with Gasteiger partial charge < -0.3 is 16.4 Å². The van der Waals surface area contributed by atoms with Gasteiger partial charge in [0.1, 0.15) is 0 Å². The van der Waals surface area contributed by atoms with Crippen molar-refractivity contribution in [2.75, 3.05) is 11.9 Å². The number of nitrogens with one attached hydrogen (secondary N) is 2. The summed E-state index contributed by atoms with van der Waals surface area (Å²) >= 11 is 6.18. The topological polar surface area (TPSA) is 101 Å². The minimum absolute atomic E-state index is 0.0644. The third-order valence-electron chi connectivity index (χ3n) is 5.35. The van der Waals surface area contributed by atoms with Gasteiger partial charge in [0.2, 0.25) is 11.8 Å². The Balaban J connectivity index is 1.76. The van der Waals surface area contributed by atoms with Crippen molar-refractivity contribution in [2.45, 2.75) is 37.5 Å². The van der Waals surface area contributed by atoms with Gasteiger partial charge in [0.15, 0.2) is 0 Å². The molecule has 0 saturated heterocycles. The fourth-order valence-electron chi connectivity index (χ4n) is 3.81. The van der Waals surface area contributed by atoms with Crippen LogP contribution in [0, 0.1) is 0 Å². The van der Waals surface area contributed by atoms with Crippen LogP contribution in [-0.2, 0) is 15.0 Å². The zero-order chi connectivity index (χ0) is 20.9. The van der Waals surface area contributed by atoms with Gasteiger partial charge in [-0.15, -0.1) is 0 Å². The van der Waals surface area contributed by atoms with Crippen LogP contribution in [0.15, 0.2) is 48.5 Å². The summed E-state index contributed by atoms with van der Waals surface area (Å²) in [5, 5.41) is 6.05. The average molecular weight is 414 g/mol. The Labute approximate surface area is 174 Å². The van der Waals surface area contributed by atoms with Crippen LogP contribution in [-0.4, -0.2) is 24.3 Å². The first-order chi connectivity index (χ1) is 13.9. The van der Waals surface area contributed by atoms with Crippen molar-refractivity contribution in [3.8, 4) is 0 Å². The molecule has 29 heavy (non-hydrogen) atoms. The van der Waals surface area contributed by atoms with E-state index in [-0.39, 0.29) is 12.5 Å². The SMILES string of the molecule is NC(=O)CNC(=O)c1ccc(NC(=O)C2(c3cccc(Cl)c3)CCCCC2)cc1. The molecule has 1 aliphatic rings. The van der Waals surface area contributed by atoms with E-state index in [1.165, 1.54) is 0 Å². The number of halogens is 1. The number of hydrogen-bond donors (Lipinski definition) is 3. The number of hydrogen-bond acceptors (Lipinski definition) is 3. The van der Waals surface area contributed by atoms with Crippen LogP contribution in [0.4, 0.5) is 5.69 Å². The molecule has 1 aliphatic carbocycles. The van der Waals surface area contributed by atoms with E-state index < -0.39 is 17.2 Å². The van der Waals surface area contributed by atoms with E-state index in [4.69, 9.17) is 17.3 Å². The van der Waals surface area contributed by atoms with Crippen LogP contribution in [0.1, 0.15) is 48.0 Å². The first-order valence-corrected chi connectivity index (χ1v) is 10.0. The second-order valence-electron chi connectivity index (χ2n) is 7.33. The highest BCUT2D eigenvalue weighted by molar-refractivity contribution is 6.30. The van der Waals surface area contributed by atoms with Crippen molar-refractivity contribution >= 4 is 35.0 Å². The minimum Gasteiger partial charge on any atom is -0.368 e. The van der Waals surface area contributed by atoms with Gasteiger partial charge in [0, 0.05) is 16.3 Å². The van der Waals surface area contributed by atoms with E-state index >= 15 is 0 Å². The highest BCUT2D eigenvalue weighted by atomic mass is 35.5. The molecule has 2 aromatic rings. The summed E-state index contributed by atoms with van der Waals surface area (Å²) < 4.78 is 0. The van der Waals surface area contributed by atoms with E-state index in [0.717, 1.165) is 37.7 Å². The van der Waals surface area contributed by atoms with Crippen molar-refractivity contribution in [3.05, 3.63) is 64.7 Å². The molecule has 3 amide bonds. The van der Waals surface area contributed by atoms with Gasteiger partial charge in [0.25, 0.3) is 5.91 Å². The maximum atomic E-state index is 13.3. The molecule has 6 nitrogen and oxygen atoms in total. The molecule has 152 valence electrons. The number of primary amides is 1. The summed E-state index contributed by atoms with van der Waals surface area (Å²) in [7, 11) is 0. The van der Waals surface area contributed by atoms with Crippen LogP contribution in [0.5, 0.6) is 0 Å². The van der Waals surface area contributed by atoms with Crippen LogP contribution in [0.3, 0.4) is 0 Å². The van der Waals surface area contributed by atoms with Gasteiger partial charge in [-0.2, -0.15) is 0 Å². The molecule has 0 spiro atoms. The normalized spacial score (nSPS) is 15.3. The lowest BCUT2D eigenvalue weighted by molar-refractivity contribution is -0.122. The Morgan fingerprint density at radius 3 is 2.31 bits per heavy atom. The molecule has 0 aliphatic heterocycles. The molecular weight excluding hydrogens is 390 g/mol. The Morgan fingerprint density at radius 2 is 1.69 bits per heavy atom. The monoisotopic (exact) mass is 413 g/mol. The van der Waals surface area contributed by atoms with E-state index in [0.29, 0.717) is 16.3 Å². The molecule has 7 heteroatoms. The fourth-order valence-corrected chi connectivity index (χ4v) is 4.00. The number of amides is 3. The molecule has 4 N–H and O–H groups in total. The zero-order valence-electron chi connectivity index (χ0n) is 16.0. The number of rotatable bonds is 6. The van der Waals surface area contributed by atoms with Gasteiger partial charge in [-0.1, -0.05) is 43.0 Å². The Hall–Kier alpha value is -2.86. The van der Waals surface area contributed by atoms with E-state index in [1.807, 2.05) is 24.3 Å². The van der Waals surface area contributed by atoms with Crippen LogP contribution >= 0.6 is 11.6 Å². The lowest BCUT2D eigenvalue weighted by Crippen LogP contribution is -2.42. The number of carbonyl (C=O) groups excluding carboxylic acids is 3. The number of benzene rings is 2. The number of carbonyl (C=O) groups is 3. The minimum atomic E-state index is -0.610. The fraction of sp³-hybridized carbons (Fsp3) is 0.318. The lowest BCUT2D eigenvalue weighted by atomic mass is 9.68. The molecule has 1 fully saturated rings. The van der Waals surface area contributed by atoms with Gasteiger partial charge in [0.05, 0.1) is 12.0 Å². The zero-order valence-corrected chi connectivity index (χ0v) is 16.8. The van der Waals surface area contributed by atoms with Crippen LogP contribution < -0.4 is 16.4 Å². The van der Waals surface area contributed by atoms with Crippen molar-refractivity contribution in [2.24, 2.45) is 5.73 Å². The van der Waals surface area contributed by atoms with Crippen molar-refractivity contribution in [1.29, 1.82) is 0 Å². The van der Waals surface area contributed by atoms with Crippen LogP contribution in [0.25, 0.3) is 0 Å². The summed E-state index contributed by atoms with van der Waals surface area (Å²) in [6.45, 7) is -0.223. The first-order valence-electron chi connectivity index (χ1n) is 9.65. The molecule has 0 atom stereocenters. The quantitative estimate of drug-likeness (QED) is 0.676.